The van der Waals surface area contributed by atoms with Gasteiger partial charge in [0.2, 0.25) is 5.91 Å². The van der Waals surface area contributed by atoms with Crippen LogP contribution in [0.3, 0.4) is 0 Å². The number of hydrogen-bond donors (Lipinski definition) is 3. The third-order valence-corrected chi connectivity index (χ3v) is 2.82. The van der Waals surface area contributed by atoms with Crippen molar-refractivity contribution in [3.8, 4) is 5.75 Å². The maximum atomic E-state index is 11.8. The monoisotopic (exact) mass is 265 g/mol. The first kappa shape index (κ1) is 15.0. The molecule has 5 heteroatoms. The van der Waals surface area contributed by atoms with Crippen molar-refractivity contribution >= 4 is 11.9 Å². The molecule has 0 saturated heterocycles. The highest BCUT2D eigenvalue weighted by Crippen LogP contribution is 2.16. The predicted octanol–water partition coefficient (Wildman–Crippen LogP) is 1.69. The zero-order valence-corrected chi connectivity index (χ0v) is 10.9. The van der Waals surface area contributed by atoms with Gasteiger partial charge in [0.05, 0.1) is 6.42 Å². The number of para-hydroxylation sites is 1. The number of hydrogen-bond acceptors (Lipinski definition) is 3. The number of carbonyl (C=O) groups is 2. The van der Waals surface area contributed by atoms with Crippen molar-refractivity contribution in [3.05, 3.63) is 29.8 Å². The highest BCUT2D eigenvalue weighted by Gasteiger charge is 2.19. The summed E-state index contributed by atoms with van der Waals surface area (Å²) in [5.41, 5.74) is 0.486. The average molecular weight is 265 g/mol. The number of phenols is 1. The molecule has 0 aliphatic rings. The number of carboxylic acids is 1. The van der Waals surface area contributed by atoms with Crippen molar-refractivity contribution in [2.75, 3.05) is 0 Å². The molecule has 104 valence electrons. The largest absolute Gasteiger partial charge is 0.508 e. The number of nitrogens with one attached hydrogen (secondary N) is 1. The van der Waals surface area contributed by atoms with Gasteiger partial charge in [0.25, 0.3) is 0 Å². The summed E-state index contributed by atoms with van der Waals surface area (Å²) < 4.78 is 0. The Morgan fingerprint density at radius 3 is 2.58 bits per heavy atom. The van der Waals surface area contributed by atoms with E-state index in [2.05, 4.69) is 5.32 Å². The van der Waals surface area contributed by atoms with Crippen molar-refractivity contribution in [2.24, 2.45) is 0 Å². The van der Waals surface area contributed by atoms with E-state index in [9.17, 15) is 14.7 Å². The average Bonchev–Trinajstić information content (AvgIpc) is 2.37. The van der Waals surface area contributed by atoms with E-state index in [0.717, 1.165) is 12.8 Å². The highest BCUT2D eigenvalue weighted by atomic mass is 16.4. The smallest absolute Gasteiger partial charge is 0.326 e. The van der Waals surface area contributed by atoms with Crippen LogP contribution in [0, 0.1) is 0 Å². The Balaban J connectivity index is 2.58. The van der Waals surface area contributed by atoms with E-state index >= 15 is 0 Å². The molecule has 1 rings (SSSR count). The van der Waals surface area contributed by atoms with Crippen LogP contribution in [0.15, 0.2) is 24.3 Å². The van der Waals surface area contributed by atoms with Crippen molar-refractivity contribution in [2.45, 2.75) is 38.6 Å². The fraction of sp³-hybridized carbons (Fsp3) is 0.429. The van der Waals surface area contributed by atoms with Crippen molar-refractivity contribution in [3.63, 3.8) is 0 Å². The molecule has 0 heterocycles. The Hall–Kier alpha value is -2.04. The summed E-state index contributed by atoms with van der Waals surface area (Å²) in [6.07, 6.45) is 2.01. The molecule has 5 nitrogen and oxygen atoms in total. The van der Waals surface area contributed by atoms with Crippen LogP contribution in [0.25, 0.3) is 0 Å². The Morgan fingerprint density at radius 1 is 1.32 bits per heavy atom. The lowest BCUT2D eigenvalue weighted by Gasteiger charge is -2.14. The number of phenolic OH excluding ortho intramolecular Hbond substituents is 1. The number of rotatable bonds is 7. The second kappa shape index (κ2) is 7.41. The molecule has 19 heavy (non-hydrogen) atoms. The molecule has 1 aromatic rings. The van der Waals surface area contributed by atoms with Crippen molar-refractivity contribution in [1.29, 1.82) is 0 Å². The van der Waals surface area contributed by atoms with Crippen LogP contribution in [-0.2, 0) is 16.0 Å². The first-order valence-electron chi connectivity index (χ1n) is 6.33. The number of aliphatic carboxylic acids is 1. The Bertz CT molecular complexity index is 445. The summed E-state index contributed by atoms with van der Waals surface area (Å²) in [5, 5.41) is 21.0. The van der Waals surface area contributed by atoms with Crippen LogP contribution in [0.4, 0.5) is 0 Å². The summed E-state index contributed by atoms with van der Waals surface area (Å²) in [7, 11) is 0. The van der Waals surface area contributed by atoms with Gasteiger partial charge in [0.1, 0.15) is 11.8 Å². The topological polar surface area (TPSA) is 86.6 Å². The summed E-state index contributed by atoms with van der Waals surface area (Å²) in [4.78, 5) is 22.8. The van der Waals surface area contributed by atoms with Gasteiger partial charge in [-0.1, -0.05) is 38.0 Å². The molecule has 0 saturated carbocycles. The van der Waals surface area contributed by atoms with Gasteiger partial charge >= 0.3 is 5.97 Å². The highest BCUT2D eigenvalue weighted by molar-refractivity contribution is 5.85. The van der Waals surface area contributed by atoms with Gasteiger partial charge in [0, 0.05) is 5.56 Å². The van der Waals surface area contributed by atoms with Gasteiger partial charge in [-0.2, -0.15) is 0 Å². The van der Waals surface area contributed by atoms with E-state index in [1.807, 2.05) is 6.92 Å². The molecule has 0 unspecified atom stereocenters. The maximum absolute atomic E-state index is 11.8. The van der Waals surface area contributed by atoms with Gasteiger partial charge in [-0.25, -0.2) is 4.79 Å². The molecule has 0 fully saturated rings. The van der Waals surface area contributed by atoms with E-state index in [1.54, 1.807) is 18.2 Å². The fourth-order valence-corrected chi connectivity index (χ4v) is 1.74. The lowest BCUT2D eigenvalue weighted by atomic mass is 10.1. The van der Waals surface area contributed by atoms with Gasteiger partial charge < -0.3 is 15.5 Å². The first-order chi connectivity index (χ1) is 9.04. The van der Waals surface area contributed by atoms with Crippen LogP contribution in [0.5, 0.6) is 5.75 Å². The van der Waals surface area contributed by atoms with Gasteiger partial charge in [-0.15, -0.1) is 0 Å². The minimum atomic E-state index is -1.03. The molecule has 3 N–H and O–H groups in total. The molecule has 0 aliphatic heterocycles. The molecule has 0 aliphatic carbocycles. The summed E-state index contributed by atoms with van der Waals surface area (Å²) in [6, 6.07) is 5.65. The Labute approximate surface area is 112 Å². The second-order valence-corrected chi connectivity index (χ2v) is 4.41. The number of unbranched alkanes of at least 4 members (excludes halogenated alkanes) is 1. The van der Waals surface area contributed by atoms with E-state index in [0.29, 0.717) is 12.0 Å². The fourth-order valence-electron chi connectivity index (χ4n) is 1.74. The van der Waals surface area contributed by atoms with Crippen LogP contribution in [-0.4, -0.2) is 28.1 Å². The van der Waals surface area contributed by atoms with Crippen molar-refractivity contribution < 1.29 is 19.8 Å². The summed E-state index contributed by atoms with van der Waals surface area (Å²) >= 11 is 0. The molecule has 0 bridgehead atoms. The van der Waals surface area contributed by atoms with Gasteiger partial charge in [0.15, 0.2) is 0 Å². The van der Waals surface area contributed by atoms with Gasteiger partial charge in [-0.05, 0) is 12.5 Å². The van der Waals surface area contributed by atoms with E-state index < -0.39 is 17.9 Å². The zero-order valence-electron chi connectivity index (χ0n) is 10.9. The predicted molar refractivity (Wildman–Crippen MR) is 70.9 cm³/mol. The van der Waals surface area contributed by atoms with Gasteiger partial charge in [-0.3, -0.25) is 4.79 Å². The lowest BCUT2D eigenvalue weighted by Crippen LogP contribution is -2.41. The molecule has 1 atom stereocenters. The second-order valence-electron chi connectivity index (χ2n) is 4.41. The quantitative estimate of drug-likeness (QED) is 0.700. The molecular formula is C14H19NO4. The molecule has 0 spiro atoms. The van der Waals surface area contributed by atoms with Crippen LogP contribution < -0.4 is 5.32 Å². The minimum Gasteiger partial charge on any atom is -0.508 e. The first-order valence-corrected chi connectivity index (χ1v) is 6.33. The maximum Gasteiger partial charge on any atom is 0.326 e. The normalized spacial score (nSPS) is 11.8. The standard InChI is InChI=1S/C14H19NO4/c1-2-3-7-11(14(18)19)15-13(17)9-10-6-4-5-8-12(10)16/h4-6,8,11,16H,2-3,7,9H2,1H3,(H,15,17)(H,18,19)/t11-/m0/s1. The molecular weight excluding hydrogens is 246 g/mol. The number of amides is 1. The minimum absolute atomic E-state index is 0.0252. The van der Waals surface area contributed by atoms with E-state index in [4.69, 9.17) is 5.11 Å². The molecule has 0 aromatic heterocycles. The Kier molecular flexibility index (Phi) is 5.85. The number of carbonyl (C=O) groups excluding carboxylic acids is 1. The van der Waals surface area contributed by atoms with Crippen molar-refractivity contribution in [1.82, 2.24) is 5.32 Å². The SMILES string of the molecule is CCCC[C@H](NC(=O)Cc1ccccc1O)C(=O)O. The summed E-state index contributed by atoms with van der Waals surface area (Å²) in [6.45, 7) is 1.96. The number of benzene rings is 1. The zero-order chi connectivity index (χ0) is 14.3. The molecule has 1 amide bonds. The molecule has 0 radical (unpaired) electrons. The lowest BCUT2D eigenvalue weighted by molar-refractivity contribution is -0.142. The van der Waals surface area contributed by atoms with Crippen LogP contribution in [0.1, 0.15) is 31.7 Å². The molecule has 1 aromatic carbocycles. The number of carboxylic acid groups (broad SMARTS) is 1. The number of aromatic hydroxyl groups is 1. The van der Waals surface area contributed by atoms with Crippen LogP contribution in [0.2, 0.25) is 0 Å². The Morgan fingerprint density at radius 2 is 2.00 bits per heavy atom. The van der Waals surface area contributed by atoms with E-state index in [1.165, 1.54) is 6.07 Å². The third-order valence-electron chi connectivity index (χ3n) is 2.82. The van der Waals surface area contributed by atoms with E-state index in [-0.39, 0.29) is 12.2 Å². The van der Waals surface area contributed by atoms with Crippen LogP contribution >= 0.6 is 0 Å². The summed E-state index contributed by atoms with van der Waals surface area (Å²) in [5.74, 6) is -1.39. The third kappa shape index (κ3) is 4.99.